The molecule has 2 N–H and O–H groups in total. The quantitative estimate of drug-likeness (QED) is 0.701. The van der Waals surface area contributed by atoms with E-state index in [-0.39, 0.29) is 11.1 Å². The lowest BCUT2D eigenvalue weighted by molar-refractivity contribution is 0.292. The van der Waals surface area contributed by atoms with Crippen molar-refractivity contribution in [1.82, 2.24) is 15.4 Å². The van der Waals surface area contributed by atoms with Crippen molar-refractivity contribution in [3.63, 3.8) is 0 Å². The topological polar surface area (TPSA) is 61.8 Å². The summed E-state index contributed by atoms with van der Waals surface area (Å²) < 4.78 is 13.2. The molecule has 1 aliphatic rings. The second kappa shape index (κ2) is 8.10. The minimum absolute atomic E-state index is 0.00987. The number of hydrogen-bond acceptors (Lipinski definition) is 3. The molecule has 0 saturated carbocycles. The minimum atomic E-state index is -0.606. The molecule has 5 heteroatoms. The molecule has 0 fully saturated rings. The molecular weight excluding hydrogens is 317 g/mol. The molecule has 0 unspecified atom stereocenters. The minimum Gasteiger partial charge on any atom is -0.512 e. The first-order valence-electron chi connectivity index (χ1n) is 8.50. The van der Waals surface area contributed by atoms with E-state index in [1.165, 1.54) is 0 Å². The molecule has 0 bridgehead atoms. The highest BCUT2D eigenvalue weighted by molar-refractivity contribution is 5.51. The maximum Gasteiger partial charge on any atom is 0.259 e. The van der Waals surface area contributed by atoms with E-state index in [9.17, 15) is 9.50 Å². The maximum absolute atomic E-state index is 13.2. The molecule has 0 atom stereocenters. The van der Waals surface area contributed by atoms with Gasteiger partial charge in [0, 0.05) is 6.42 Å². The van der Waals surface area contributed by atoms with Gasteiger partial charge in [-0.25, -0.2) is 0 Å². The number of nitrogens with one attached hydrogen (secondary N) is 1. The smallest absolute Gasteiger partial charge is 0.259 e. The second-order valence-corrected chi connectivity index (χ2v) is 7.09. The predicted octanol–water partition coefficient (Wildman–Crippen LogP) is 5.43. The van der Waals surface area contributed by atoms with Gasteiger partial charge in [0.05, 0.1) is 5.76 Å². The van der Waals surface area contributed by atoms with E-state index >= 15 is 0 Å². The Morgan fingerprint density at radius 3 is 2.60 bits per heavy atom. The summed E-state index contributed by atoms with van der Waals surface area (Å²) in [5, 5.41) is 19.5. The van der Waals surface area contributed by atoms with Crippen molar-refractivity contribution >= 4 is 6.08 Å². The number of halogens is 1. The van der Waals surface area contributed by atoms with Gasteiger partial charge in [0.1, 0.15) is 5.69 Å². The molecule has 134 valence electrons. The molecule has 0 amide bonds. The molecule has 1 aromatic rings. The number of H-pyrrole nitrogens is 1. The average molecular weight is 343 g/mol. The van der Waals surface area contributed by atoms with Gasteiger partial charge in [-0.3, -0.25) is 0 Å². The van der Waals surface area contributed by atoms with Crippen molar-refractivity contribution in [2.45, 2.75) is 47.0 Å². The van der Waals surface area contributed by atoms with Crippen molar-refractivity contribution < 1.29 is 9.50 Å². The Balaban J connectivity index is 2.04. The Hall–Kier alpha value is -2.43. The lowest BCUT2D eigenvalue weighted by atomic mass is 9.74. The zero-order chi connectivity index (χ0) is 18.4. The normalized spacial score (nSPS) is 19.4. The van der Waals surface area contributed by atoms with Crippen LogP contribution in [-0.2, 0) is 0 Å². The number of aromatic nitrogens is 3. The van der Waals surface area contributed by atoms with Crippen LogP contribution in [0.5, 0.6) is 0 Å². The van der Waals surface area contributed by atoms with Gasteiger partial charge in [0.25, 0.3) is 5.95 Å². The van der Waals surface area contributed by atoms with E-state index in [1.807, 2.05) is 44.2 Å². The highest BCUT2D eigenvalue weighted by Crippen LogP contribution is 2.40. The molecule has 0 spiro atoms. The van der Waals surface area contributed by atoms with E-state index in [4.69, 9.17) is 0 Å². The summed E-state index contributed by atoms with van der Waals surface area (Å²) in [5.74, 6) is -0.102. The third kappa shape index (κ3) is 5.28. The first-order valence-corrected chi connectivity index (χ1v) is 8.50. The van der Waals surface area contributed by atoms with Gasteiger partial charge < -0.3 is 5.11 Å². The highest BCUT2D eigenvalue weighted by atomic mass is 19.1. The van der Waals surface area contributed by atoms with E-state index in [0.29, 0.717) is 5.76 Å². The molecule has 0 radical (unpaired) electrons. The van der Waals surface area contributed by atoms with Gasteiger partial charge in [0.15, 0.2) is 0 Å². The first kappa shape index (κ1) is 18.9. The van der Waals surface area contributed by atoms with E-state index < -0.39 is 5.95 Å². The lowest BCUT2D eigenvalue weighted by Gasteiger charge is -2.31. The standard InChI is InChI=1S/C20H26FN3O/c1-14(10-11-16-18(25)9-6-12-20(16,3)4)7-5-8-15(2)13-17-19(21)23-24-22-17/h5,7-8,10-11,13,25H,6,9,12H2,1-4H3,(H,22,23,24)/b8-5+,11-10+,14-7+,15-13+. The summed E-state index contributed by atoms with van der Waals surface area (Å²) in [4.78, 5) is 0. The fraction of sp³-hybridized carbons (Fsp3) is 0.400. The summed E-state index contributed by atoms with van der Waals surface area (Å²) in [6, 6.07) is 0. The number of aromatic amines is 1. The molecule has 2 rings (SSSR count). The predicted molar refractivity (Wildman–Crippen MR) is 99.3 cm³/mol. The summed E-state index contributed by atoms with van der Waals surface area (Å²) in [7, 11) is 0. The molecule has 1 aliphatic carbocycles. The number of aliphatic hydroxyl groups is 1. The maximum atomic E-state index is 13.2. The van der Waals surface area contributed by atoms with Crippen LogP contribution in [0, 0.1) is 11.4 Å². The summed E-state index contributed by atoms with van der Waals surface area (Å²) in [6.45, 7) is 8.21. The van der Waals surface area contributed by atoms with Crippen LogP contribution in [0.1, 0.15) is 52.7 Å². The van der Waals surface area contributed by atoms with Gasteiger partial charge >= 0.3 is 0 Å². The van der Waals surface area contributed by atoms with Crippen LogP contribution in [0.15, 0.2) is 52.9 Å². The van der Waals surface area contributed by atoms with Crippen LogP contribution in [0.3, 0.4) is 0 Å². The molecule has 1 aromatic heterocycles. The van der Waals surface area contributed by atoms with Crippen molar-refractivity contribution in [3.05, 3.63) is 64.5 Å². The Morgan fingerprint density at radius 2 is 1.96 bits per heavy atom. The van der Waals surface area contributed by atoms with Gasteiger partial charge in [-0.1, -0.05) is 49.8 Å². The lowest BCUT2D eigenvalue weighted by Crippen LogP contribution is -2.19. The van der Waals surface area contributed by atoms with Crippen LogP contribution in [0.2, 0.25) is 0 Å². The number of nitrogens with zero attached hydrogens (tertiary/aromatic N) is 2. The highest BCUT2D eigenvalue weighted by Gasteiger charge is 2.28. The van der Waals surface area contributed by atoms with Crippen LogP contribution in [0.4, 0.5) is 4.39 Å². The number of rotatable bonds is 5. The molecule has 0 aromatic carbocycles. The molecule has 0 aliphatic heterocycles. The van der Waals surface area contributed by atoms with Crippen LogP contribution in [0.25, 0.3) is 6.08 Å². The van der Waals surface area contributed by atoms with E-state index in [1.54, 1.807) is 6.08 Å². The summed E-state index contributed by atoms with van der Waals surface area (Å²) in [6.07, 6.45) is 14.3. The number of hydrogen-bond donors (Lipinski definition) is 2. The largest absolute Gasteiger partial charge is 0.512 e. The van der Waals surface area contributed by atoms with Crippen molar-refractivity contribution in [2.24, 2.45) is 5.41 Å². The van der Waals surface area contributed by atoms with Gasteiger partial charge in [-0.05, 0) is 49.3 Å². The van der Waals surface area contributed by atoms with E-state index in [2.05, 4.69) is 29.3 Å². The fourth-order valence-corrected chi connectivity index (χ4v) is 2.88. The van der Waals surface area contributed by atoms with Crippen molar-refractivity contribution in [2.75, 3.05) is 0 Å². The Kier molecular flexibility index (Phi) is 6.12. The van der Waals surface area contributed by atoms with Crippen LogP contribution >= 0.6 is 0 Å². The Bertz CT molecular complexity index is 764. The van der Waals surface area contributed by atoms with Gasteiger partial charge in [0.2, 0.25) is 0 Å². The van der Waals surface area contributed by atoms with Crippen molar-refractivity contribution in [1.29, 1.82) is 0 Å². The fourth-order valence-electron chi connectivity index (χ4n) is 2.88. The molecule has 1 heterocycles. The van der Waals surface area contributed by atoms with Crippen molar-refractivity contribution in [3.8, 4) is 0 Å². The van der Waals surface area contributed by atoms with Crippen LogP contribution in [-0.4, -0.2) is 20.5 Å². The SMILES string of the molecule is CC(/C=C/C1=C(O)CCCC1(C)C)=C\C=C\C(C)=C\c1n[nH]nc1F. The van der Waals surface area contributed by atoms with Gasteiger partial charge in [-0.15, -0.1) is 5.10 Å². The zero-order valence-corrected chi connectivity index (χ0v) is 15.3. The molecule has 4 nitrogen and oxygen atoms in total. The Labute approximate surface area is 148 Å². The molecule has 0 saturated heterocycles. The summed E-state index contributed by atoms with van der Waals surface area (Å²) in [5.41, 5.74) is 3.17. The zero-order valence-electron chi connectivity index (χ0n) is 15.3. The monoisotopic (exact) mass is 343 g/mol. The third-order valence-electron chi connectivity index (χ3n) is 4.38. The number of aliphatic hydroxyl groups excluding tert-OH is 1. The summed E-state index contributed by atoms with van der Waals surface area (Å²) >= 11 is 0. The van der Waals surface area contributed by atoms with Crippen LogP contribution < -0.4 is 0 Å². The average Bonchev–Trinajstić information content (AvgIpc) is 2.91. The second-order valence-electron chi connectivity index (χ2n) is 7.09. The third-order valence-corrected chi connectivity index (χ3v) is 4.38. The first-order chi connectivity index (χ1) is 11.8. The van der Waals surface area contributed by atoms with E-state index in [0.717, 1.165) is 36.0 Å². The van der Waals surface area contributed by atoms with Gasteiger partial charge in [-0.2, -0.15) is 14.7 Å². The Morgan fingerprint density at radius 1 is 1.20 bits per heavy atom. The molecular formula is C20H26FN3O. The number of allylic oxidation sites excluding steroid dienone is 9. The molecule has 25 heavy (non-hydrogen) atoms.